The van der Waals surface area contributed by atoms with Crippen LogP contribution in [-0.2, 0) is 6.61 Å². The smallest absolute Gasteiger partial charge is 0.415 e. The molecular weight excluding hydrogens is 468 g/mol. The van der Waals surface area contributed by atoms with Crippen molar-refractivity contribution in [3.63, 3.8) is 0 Å². The fourth-order valence-electron chi connectivity index (χ4n) is 3.83. The molecular formula is C25H23ClN6O3. The highest BCUT2D eigenvalue weighted by molar-refractivity contribution is 6.32. The van der Waals surface area contributed by atoms with E-state index in [0.717, 1.165) is 48.9 Å². The molecule has 1 fully saturated rings. The van der Waals surface area contributed by atoms with Crippen molar-refractivity contribution in [3.05, 3.63) is 72.0 Å². The standard InChI is InChI=1S/C25H23ClN6O3/c26-21-12-17(4-7-23(21)34-15-18-14-27-8-9-28-18)31-24-20-13-19(5-6-22(20)29-16-30-24)35-25(33)32-10-2-1-3-11-32/h4-9,12-14,16H,1-3,10-11,15H2,(H,29,30,31). The molecule has 35 heavy (non-hydrogen) atoms. The molecule has 5 rings (SSSR count). The summed E-state index contributed by atoms with van der Waals surface area (Å²) < 4.78 is 11.4. The molecule has 1 N–H and O–H groups in total. The number of carbonyl (C=O) groups excluding carboxylic acids is 1. The molecule has 1 amide bonds. The first-order valence-electron chi connectivity index (χ1n) is 11.3. The minimum atomic E-state index is -0.334. The number of halogens is 1. The Hall–Kier alpha value is -3.98. The van der Waals surface area contributed by atoms with Crippen LogP contribution in [0.5, 0.6) is 11.5 Å². The van der Waals surface area contributed by atoms with E-state index < -0.39 is 0 Å². The van der Waals surface area contributed by atoms with E-state index in [2.05, 4.69) is 25.3 Å². The Balaban J connectivity index is 1.31. The highest BCUT2D eigenvalue weighted by atomic mass is 35.5. The van der Waals surface area contributed by atoms with E-state index in [1.54, 1.807) is 53.8 Å². The molecule has 178 valence electrons. The van der Waals surface area contributed by atoms with Crippen molar-refractivity contribution in [1.82, 2.24) is 24.8 Å². The summed E-state index contributed by atoms with van der Waals surface area (Å²) in [7, 11) is 0. The fraction of sp³-hybridized carbons (Fsp3) is 0.240. The Morgan fingerprint density at radius 1 is 1.03 bits per heavy atom. The molecule has 1 saturated heterocycles. The van der Waals surface area contributed by atoms with Gasteiger partial charge in [-0.15, -0.1) is 0 Å². The maximum absolute atomic E-state index is 12.5. The van der Waals surface area contributed by atoms with Crippen LogP contribution in [0.25, 0.3) is 10.9 Å². The average molecular weight is 491 g/mol. The lowest BCUT2D eigenvalue weighted by atomic mass is 10.1. The number of anilines is 2. The molecule has 0 aliphatic carbocycles. The first-order chi connectivity index (χ1) is 17.2. The molecule has 10 heteroatoms. The third-order valence-corrected chi connectivity index (χ3v) is 5.91. The molecule has 4 aromatic rings. The monoisotopic (exact) mass is 490 g/mol. The van der Waals surface area contributed by atoms with E-state index in [9.17, 15) is 4.79 Å². The van der Waals surface area contributed by atoms with Gasteiger partial charge in [-0.2, -0.15) is 0 Å². The number of benzene rings is 2. The van der Waals surface area contributed by atoms with Crippen LogP contribution >= 0.6 is 11.6 Å². The maximum Gasteiger partial charge on any atom is 0.415 e. The number of fused-ring (bicyclic) bond motifs is 1. The summed E-state index contributed by atoms with van der Waals surface area (Å²) in [4.78, 5) is 31.2. The second-order valence-corrected chi connectivity index (χ2v) is 8.48. The van der Waals surface area contributed by atoms with E-state index in [1.165, 1.54) is 6.33 Å². The normalized spacial score (nSPS) is 13.5. The number of amides is 1. The molecule has 0 spiro atoms. The molecule has 0 saturated carbocycles. The van der Waals surface area contributed by atoms with E-state index in [0.29, 0.717) is 28.0 Å². The molecule has 1 aliphatic heterocycles. The number of carbonyl (C=O) groups is 1. The quantitative estimate of drug-likeness (QED) is 0.384. The highest BCUT2D eigenvalue weighted by Gasteiger charge is 2.19. The zero-order valence-corrected chi connectivity index (χ0v) is 19.6. The van der Waals surface area contributed by atoms with Crippen molar-refractivity contribution in [2.45, 2.75) is 25.9 Å². The van der Waals surface area contributed by atoms with E-state index >= 15 is 0 Å². The second kappa shape index (κ2) is 10.5. The number of piperidine rings is 1. The van der Waals surface area contributed by atoms with Crippen LogP contribution in [0.15, 0.2) is 61.3 Å². The summed E-state index contributed by atoms with van der Waals surface area (Å²) in [6.45, 7) is 1.71. The van der Waals surface area contributed by atoms with Crippen molar-refractivity contribution in [2.75, 3.05) is 18.4 Å². The van der Waals surface area contributed by atoms with Crippen LogP contribution in [-0.4, -0.2) is 44.0 Å². The van der Waals surface area contributed by atoms with Crippen LogP contribution in [0.2, 0.25) is 5.02 Å². The van der Waals surface area contributed by atoms with E-state index in [1.807, 2.05) is 6.07 Å². The molecule has 9 nitrogen and oxygen atoms in total. The minimum absolute atomic E-state index is 0.260. The number of hydrogen-bond donors (Lipinski definition) is 1. The summed E-state index contributed by atoms with van der Waals surface area (Å²) >= 11 is 6.44. The summed E-state index contributed by atoms with van der Waals surface area (Å²) in [5, 5.41) is 4.42. The molecule has 2 aromatic heterocycles. The lowest BCUT2D eigenvalue weighted by Gasteiger charge is -2.25. The molecule has 0 bridgehead atoms. The predicted molar refractivity (Wildman–Crippen MR) is 132 cm³/mol. The van der Waals surface area contributed by atoms with Gasteiger partial charge in [0.1, 0.15) is 30.3 Å². The molecule has 0 unspecified atom stereocenters. The van der Waals surface area contributed by atoms with Crippen molar-refractivity contribution in [1.29, 1.82) is 0 Å². The van der Waals surface area contributed by atoms with E-state index in [4.69, 9.17) is 21.1 Å². The van der Waals surface area contributed by atoms with Gasteiger partial charge in [0.05, 0.1) is 22.4 Å². The van der Waals surface area contributed by atoms with Crippen LogP contribution in [0.3, 0.4) is 0 Å². The Labute approximate surface area is 207 Å². The van der Waals surface area contributed by atoms with Gasteiger partial charge >= 0.3 is 6.09 Å². The summed E-state index contributed by atoms with van der Waals surface area (Å²) in [6.07, 6.45) is 9.15. The summed E-state index contributed by atoms with van der Waals surface area (Å²) in [5.74, 6) is 1.54. The minimum Gasteiger partial charge on any atom is -0.486 e. The molecule has 3 heterocycles. The van der Waals surface area contributed by atoms with Crippen molar-refractivity contribution >= 4 is 40.1 Å². The Morgan fingerprint density at radius 3 is 2.71 bits per heavy atom. The first-order valence-corrected chi connectivity index (χ1v) is 11.7. The largest absolute Gasteiger partial charge is 0.486 e. The van der Waals surface area contributed by atoms with Crippen LogP contribution < -0.4 is 14.8 Å². The number of hydrogen-bond acceptors (Lipinski definition) is 8. The second-order valence-electron chi connectivity index (χ2n) is 8.07. The van der Waals surface area contributed by atoms with Crippen molar-refractivity contribution in [2.24, 2.45) is 0 Å². The lowest BCUT2D eigenvalue weighted by molar-refractivity contribution is 0.142. The van der Waals surface area contributed by atoms with Gasteiger partial charge in [-0.1, -0.05) is 11.6 Å². The van der Waals surface area contributed by atoms with Gasteiger partial charge in [-0.05, 0) is 55.7 Å². The van der Waals surface area contributed by atoms with Gasteiger partial charge in [-0.25, -0.2) is 14.8 Å². The zero-order chi connectivity index (χ0) is 24.0. The Morgan fingerprint density at radius 2 is 1.91 bits per heavy atom. The van der Waals surface area contributed by atoms with Gasteiger partial charge < -0.3 is 19.7 Å². The Bertz CT molecular complexity index is 1330. The van der Waals surface area contributed by atoms with Crippen LogP contribution in [0.1, 0.15) is 25.0 Å². The number of nitrogens with one attached hydrogen (secondary N) is 1. The van der Waals surface area contributed by atoms with Gasteiger partial charge in [0.15, 0.2) is 0 Å². The van der Waals surface area contributed by atoms with Crippen LogP contribution in [0, 0.1) is 0 Å². The number of rotatable bonds is 6. The number of nitrogens with zero attached hydrogens (tertiary/aromatic N) is 5. The first kappa shape index (κ1) is 22.8. The number of ether oxygens (including phenoxy) is 2. The molecule has 0 radical (unpaired) electrons. The molecule has 1 aliphatic rings. The molecule has 0 atom stereocenters. The van der Waals surface area contributed by atoms with Gasteiger partial charge in [0.2, 0.25) is 0 Å². The third-order valence-electron chi connectivity index (χ3n) is 5.61. The topological polar surface area (TPSA) is 102 Å². The van der Waals surface area contributed by atoms with E-state index in [-0.39, 0.29) is 12.7 Å². The Kier molecular flexibility index (Phi) is 6.85. The highest BCUT2D eigenvalue weighted by Crippen LogP contribution is 2.32. The van der Waals surface area contributed by atoms with Crippen molar-refractivity contribution in [3.8, 4) is 11.5 Å². The summed E-state index contributed by atoms with van der Waals surface area (Å²) in [5.41, 5.74) is 2.14. The third kappa shape index (κ3) is 5.58. The fourth-order valence-corrected chi connectivity index (χ4v) is 4.06. The SMILES string of the molecule is O=C(Oc1ccc2ncnc(Nc3ccc(OCc4cnccn4)c(Cl)c3)c2c1)N1CCCCC1. The lowest BCUT2D eigenvalue weighted by Crippen LogP contribution is -2.37. The average Bonchev–Trinajstić information content (AvgIpc) is 2.90. The zero-order valence-electron chi connectivity index (χ0n) is 18.9. The predicted octanol–water partition coefficient (Wildman–Crippen LogP) is 5.38. The number of likely N-dealkylation sites (tertiary alicyclic amines) is 1. The maximum atomic E-state index is 12.5. The van der Waals surface area contributed by atoms with Gasteiger partial charge in [0, 0.05) is 36.6 Å². The van der Waals surface area contributed by atoms with Gasteiger partial charge in [0.25, 0.3) is 0 Å². The molecule has 2 aromatic carbocycles. The van der Waals surface area contributed by atoms with Crippen LogP contribution in [0.4, 0.5) is 16.3 Å². The van der Waals surface area contributed by atoms with Crippen molar-refractivity contribution < 1.29 is 14.3 Å². The number of aromatic nitrogens is 4. The summed E-state index contributed by atoms with van der Waals surface area (Å²) in [6, 6.07) is 10.7. The van der Waals surface area contributed by atoms with Gasteiger partial charge in [-0.3, -0.25) is 9.97 Å².